The molecule has 0 unspecified atom stereocenters. The van der Waals surface area contributed by atoms with E-state index in [1.807, 2.05) is 36.9 Å². The highest BCUT2D eigenvalue weighted by molar-refractivity contribution is 5.96. The van der Waals surface area contributed by atoms with Gasteiger partial charge in [-0.15, -0.1) is 0 Å². The van der Waals surface area contributed by atoms with Crippen molar-refractivity contribution in [2.75, 3.05) is 19.6 Å². The number of aromatic nitrogens is 1. The molecule has 6 heteroatoms. The average Bonchev–Trinajstić information content (AvgIpc) is 3.05. The smallest absolute Gasteiger partial charge is 0.254 e. The maximum Gasteiger partial charge on any atom is 0.254 e. The molecule has 0 atom stereocenters. The lowest BCUT2D eigenvalue weighted by molar-refractivity contribution is -0.133. The van der Waals surface area contributed by atoms with E-state index in [-0.39, 0.29) is 24.2 Å². The Morgan fingerprint density at radius 1 is 1.11 bits per heavy atom. The standard InChI is InChI=1S/C22H30FN3O2/c1-5-12-25(22(28)18-8-10-19(23)11-9-18)16-21(27)26(14-17(2)3)15-20-7-6-13-24(20)4/h6-11,13,17H,5,12,14-16H2,1-4H3. The Balaban J connectivity index is 2.15. The summed E-state index contributed by atoms with van der Waals surface area (Å²) in [6.45, 7) is 7.71. The molecule has 0 saturated heterocycles. The first kappa shape index (κ1) is 21.7. The van der Waals surface area contributed by atoms with Gasteiger partial charge in [-0.1, -0.05) is 20.8 Å². The number of benzene rings is 1. The van der Waals surface area contributed by atoms with Crippen molar-refractivity contribution in [2.24, 2.45) is 13.0 Å². The molecule has 0 bridgehead atoms. The van der Waals surface area contributed by atoms with Gasteiger partial charge < -0.3 is 14.4 Å². The molecule has 0 spiro atoms. The van der Waals surface area contributed by atoms with Crippen LogP contribution in [-0.4, -0.2) is 45.8 Å². The second kappa shape index (κ2) is 10.1. The number of aryl methyl sites for hydroxylation is 1. The maximum atomic E-state index is 13.2. The number of carbonyl (C=O) groups is 2. The number of carbonyl (C=O) groups excluding carboxylic acids is 2. The summed E-state index contributed by atoms with van der Waals surface area (Å²) in [5, 5.41) is 0. The summed E-state index contributed by atoms with van der Waals surface area (Å²) in [6, 6.07) is 9.39. The Bertz CT molecular complexity index is 783. The Morgan fingerprint density at radius 2 is 1.79 bits per heavy atom. The number of hydrogen-bond acceptors (Lipinski definition) is 2. The van der Waals surface area contributed by atoms with Crippen LogP contribution in [-0.2, 0) is 18.4 Å². The Labute approximate surface area is 166 Å². The first-order valence-corrected chi connectivity index (χ1v) is 9.74. The molecule has 0 radical (unpaired) electrons. The number of halogens is 1. The van der Waals surface area contributed by atoms with Gasteiger partial charge in [-0.05, 0) is 48.7 Å². The molecule has 0 saturated carbocycles. The van der Waals surface area contributed by atoms with E-state index in [1.165, 1.54) is 24.3 Å². The van der Waals surface area contributed by atoms with Crippen molar-refractivity contribution in [3.63, 3.8) is 0 Å². The van der Waals surface area contributed by atoms with Gasteiger partial charge in [0, 0.05) is 37.6 Å². The van der Waals surface area contributed by atoms with Crippen LogP contribution < -0.4 is 0 Å². The third-order valence-electron chi connectivity index (χ3n) is 4.54. The predicted octanol–water partition coefficient (Wildman–Crippen LogP) is 3.70. The van der Waals surface area contributed by atoms with Gasteiger partial charge in [0.05, 0.1) is 6.54 Å². The quantitative estimate of drug-likeness (QED) is 0.659. The topological polar surface area (TPSA) is 45.6 Å². The molecule has 1 aromatic carbocycles. The number of hydrogen-bond donors (Lipinski definition) is 0. The number of rotatable bonds is 9. The lowest BCUT2D eigenvalue weighted by atomic mass is 10.1. The van der Waals surface area contributed by atoms with E-state index in [1.54, 1.807) is 9.80 Å². The molecule has 0 aliphatic rings. The van der Waals surface area contributed by atoms with Gasteiger partial charge in [-0.2, -0.15) is 0 Å². The van der Waals surface area contributed by atoms with Crippen molar-refractivity contribution < 1.29 is 14.0 Å². The van der Waals surface area contributed by atoms with Crippen LogP contribution in [0.3, 0.4) is 0 Å². The molecule has 2 aromatic rings. The van der Waals surface area contributed by atoms with E-state index >= 15 is 0 Å². The van der Waals surface area contributed by atoms with E-state index in [2.05, 4.69) is 13.8 Å². The van der Waals surface area contributed by atoms with E-state index in [4.69, 9.17) is 0 Å². The van der Waals surface area contributed by atoms with Crippen LogP contribution in [0.15, 0.2) is 42.6 Å². The molecule has 152 valence electrons. The molecule has 28 heavy (non-hydrogen) atoms. The van der Waals surface area contributed by atoms with Crippen LogP contribution in [0.1, 0.15) is 43.2 Å². The minimum atomic E-state index is -0.389. The molecule has 5 nitrogen and oxygen atoms in total. The van der Waals surface area contributed by atoms with Crippen LogP contribution in [0.2, 0.25) is 0 Å². The zero-order valence-electron chi connectivity index (χ0n) is 17.2. The zero-order valence-corrected chi connectivity index (χ0v) is 17.2. The highest BCUT2D eigenvalue weighted by Gasteiger charge is 2.23. The van der Waals surface area contributed by atoms with Gasteiger partial charge >= 0.3 is 0 Å². The predicted molar refractivity (Wildman–Crippen MR) is 108 cm³/mol. The minimum absolute atomic E-state index is 0.0151. The van der Waals surface area contributed by atoms with Crippen LogP contribution in [0.5, 0.6) is 0 Å². The lowest BCUT2D eigenvalue weighted by Gasteiger charge is -2.29. The Morgan fingerprint density at radius 3 is 2.32 bits per heavy atom. The van der Waals surface area contributed by atoms with Gasteiger partial charge in [-0.3, -0.25) is 9.59 Å². The molecule has 2 amide bonds. The largest absolute Gasteiger partial charge is 0.353 e. The van der Waals surface area contributed by atoms with E-state index in [9.17, 15) is 14.0 Å². The maximum absolute atomic E-state index is 13.2. The molecule has 1 aromatic heterocycles. The highest BCUT2D eigenvalue weighted by atomic mass is 19.1. The van der Waals surface area contributed by atoms with E-state index in [0.717, 1.165) is 12.1 Å². The fourth-order valence-corrected chi connectivity index (χ4v) is 3.11. The molecule has 0 fully saturated rings. The molecule has 1 heterocycles. The van der Waals surface area contributed by atoms with Crippen molar-refractivity contribution >= 4 is 11.8 Å². The third-order valence-corrected chi connectivity index (χ3v) is 4.54. The van der Waals surface area contributed by atoms with Crippen molar-refractivity contribution in [3.05, 3.63) is 59.7 Å². The van der Waals surface area contributed by atoms with Crippen molar-refractivity contribution in [1.29, 1.82) is 0 Å². The fraction of sp³-hybridized carbons (Fsp3) is 0.455. The third kappa shape index (κ3) is 5.94. The second-order valence-corrected chi connectivity index (χ2v) is 7.51. The van der Waals surface area contributed by atoms with Gasteiger partial charge in [0.2, 0.25) is 5.91 Å². The lowest BCUT2D eigenvalue weighted by Crippen LogP contribution is -2.44. The van der Waals surface area contributed by atoms with Crippen LogP contribution in [0.4, 0.5) is 4.39 Å². The summed E-state index contributed by atoms with van der Waals surface area (Å²) in [5.41, 5.74) is 1.43. The van der Waals surface area contributed by atoms with Crippen molar-refractivity contribution in [2.45, 2.75) is 33.7 Å². The molecule has 2 rings (SSSR count). The van der Waals surface area contributed by atoms with Gasteiger partial charge in [0.15, 0.2) is 0 Å². The summed E-state index contributed by atoms with van der Waals surface area (Å²) in [6.07, 6.45) is 2.69. The summed E-state index contributed by atoms with van der Waals surface area (Å²) in [5.74, 6) is -0.408. The Hall–Kier alpha value is -2.63. The van der Waals surface area contributed by atoms with Gasteiger partial charge in [-0.25, -0.2) is 4.39 Å². The van der Waals surface area contributed by atoms with Gasteiger partial charge in [0.1, 0.15) is 12.4 Å². The molecule has 0 N–H and O–H groups in total. The van der Waals surface area contributed by atoms with Crippen LogP contribution >= 0.6 is 0 Å². The summed E-state index contributed by atoms with van der Waals surface area (Å²) >= 11 is 0. The SMILES string of the molecule is CCCN(CC(=O)N(Cc1cccn1C)CC(C)C)C(=O)c1ccc(F)cc1. The van der Waals surface area contributed by atoms with Gasteiger partial charge in [0.25, 0.3) is 5.91 Å². The normalized spacial score (nSPS) is 10.9. The monoisotopic (exact) mass is 387 g/mol. The fourth-order valence-electron chi connectivity index (χ4n) is 3.11. The first-order chi connectivity index (χ1) is 13.3. The Kier molecular flexibility index (Phi) is 7.79. The average molecular weight is 387 g/mol. The minimum Gasteiger partial charge on any atom is -0.353 e. The van der Waals surface area contributed by atoms with Crippen molar-refractivity contribution in [3.8, 4) is 0 Å². The number of nitrogens with zero attached hydrogens (tertiary/aromatic N) is 3. The summed E-state index contributed by atoms with van der Waals surface area (Å²) < 4.78 is 15.2. The molecular formula is C22H30FN3O2. The summed E-state index contributed by atoms with van der Waals surface area (Å²) in [7, 11) is 1.95. The molecule has 0 aliphatic carbocycles. The number of amides is 2. The van der Waals surface area contributed by atoms with E-state index < -0.39 is 0 Å². The highest BCUT2D eigenvalue weighted by Crippen LogP contribution is 2.12. The van der Waals surface area contributed by atoms with E-state index in [0.29, 0.717) is 31.1 Å². The molecule has 0 aliphatic heterocycles. The van der Waals surface area contributed by atoms with Crippen molar-refractivity contribution in [1.82, 2.24) is 14.4 Å². The second-order valence-electron chi connectivity index (χ2n) is 7.51. The first-order valence-electron chi connectivity index (χ1n) is 9.74. The zero-order chi connectivity index (χ0) is 20.7. The molecular weight excluding hydrogens is 357 g/mol. The van der Waals surface area contributed by atoms with Crippen LogP contribution in [0, 0.1) is 11.7 Å². The van der Waals surface area contributed by atoms with Crippen LogP contribution in [0.25, 0.3) is 0 Å². The summed E-state index contributed by atoms with van der Waals surface area (Å²) in [4.78, 5) is 29.2.